The van der Waals surface area contributed by atoms with Crippen molar-refractivity contribution in [2.75, 3.05) is 19.6 Å². The number of hydrogen-bond donors (Lipinski definition) is 1. The molecule has 1 atom stereocenters. The number of hydrogen-bond acceptors (Lipinski definition) is 3. The molecule has 1 N–H and O–H groups in total. The van der Waals surface area contributed by atoms with Crippen LogP contribution in [0.4, 0.5) is 0 Å². The number of piperidine rings is 1. The maximum Gasteiger partial charge on any atom is 0.243 e. The van der Waals surface area contributed by atoms with Crippen molar-refractivity contribution in [2.24, 2.45) is 11.8 Å². The minimum Gasteiger partial charge on any atom is -0.356 e. The van der Waals surface area contributed by atoms with Crippen LogP contribution in [0.1, 0.15) is 52.4 Å². The molecule has 5 nitrogen and oxygen atoms in total. The molecule has 2 rings (SSSR count). The first kappa shape index (κ1) is 22.2. The average Bonchev–Trinajstić information content (AvgIpc) is 2.68. The van der Waals surface area contributed by atoms with Gasteiger partial charge in [0.2, 0.25) is 15.9 Å². The molecule has 1 aliphatic rings. The van der Waals surface area contributed by atoms with Crippen LogP contribution in [-0.4, -0.2) is 38.3 Å². The number of carbonyl (C=O) groups is 1. The summed E-state index contributed by atoms with van der Waals surface area (Å²) in [7, 11) is -3.52. The van der Waals surface area contributed by atoms with Crippen molar-refractivity contribution in [3.05, 3.63) is 29.3 Å². The Hall–Kier alpha value is -1.11. The Morgan fingerprint density at radius 1 is 1.22 bits per heavy atom. The summed E-state index contributed by atoms with van der Waals surface area (Å²) < 4.78 is 26.9. The van der Waals surface area contributed by atoms with Crippen LogP contribution in [0.5, 0.6) is 0 Å². The first-order chi connectivity index (χ1) is 12.9. The van der Waals surface area contributed by atoms with E-state index in [1.807, 2.05) is 0 Å². The quantitative estimate of drug-likeness (QED) is 0.662. The summed E-state index contributed by atoms with van der Waals surface area (Å²) in [4.78, 5) is 12.7. The van der Waals surface area contributed by atoms with Gasteiger partial charge in [-0.05, 0) is 49.4 Å². The Kier molecular flexibility index (Phi) is 8.58. The van der Waals surface area contributed by atoms with Crippen molar-refractivity contribution >= 4 is 27.5 Å². The third kappa shape index (κ3) is 6.19. The van der Waals surface area contributed by atoms with E-state index in [0.717, 1.165) is 19.4 Å². The number of rotatable bonds is 9. The van der Waals surface area contributed by atoms with E-state index in [2.05, 4.69) is 19.2 Å². The SMILES string of the molecule is CCCCC(CC)CNC(=O)C1CCN(S(=O)(=O)c2ccc(Cl)cc2)CC1. The van der Waals surface area contributed by atoms with E-state index in [9.17, 15) is 13.2 Å². The fourth-order valence-electron chi connectivity index (χ4n) is 3.45. The molecule has 7 heteroatoms. The molecular weight excluding hydrogens is 384 g/mol. The lowest BCUT2D eigenvalue weighted by molar-refractivity contribution is -0.126. The van der Waals surface area contributed by atoms with Crippen LogP contribution in [0.2, 0.25) is 5.02 Å². The van der Waals surface area contributed by atoms with Crippen LogP contribution >= 0.6 is 11.6 Å². The number of nitrogens with zero attached hydrogens (tertiary/aromatic N) is 1. The van der Waals surface area contributed by atoms with Crippen molar-refractivity contribution in [2.45, 2.75) is 57.3 Å². The lowest BCUT2D eigenvalue weighted by Gasteiger charge is -2.31. The van der Waals surface area contributed by atoms with Gasteiger partial charge >= 0.3 is 0 Å². The second-order valence-corrected chi connectivity index (χ2v) is 9.67. The Labute approximate surface area is 168 Å². The molecule has 0 spiro atoms. The van der Waals surface area contributed by atoms with Gasteiger partial charge in [0.15, 0.2) is 0 Å². The van der Waals surface area contributed by atoms with E-state index in [1.54, 1.807) is 12.1 Å². The van der Waals surface area contributed by atoms with Crippen LogP contribution < -0.4 is 5.32 Å². The van der Waals surface area contributed by atoms with Gasteiger partial charge in [-0.2, -0.15) is 4.31 Å². The lowest BCUT2D eigenvalue weighted by Crippen LogP contribution is -2.43. The Balaban J connectivity index is 1.85. The summed E-state index contributed by atoms with van der Waals surface area (Å²) in [6.07, 6.45) is 5.69. The molecular formula is C20H31ClN2O3S. The third-order valence-corrected chi connectivity index (χ3v) is 7.55. The zero-order valence-electron chi connectivity index (χ0n) is 16.3. The molecule has 0 aliphatic carbocycles. The fourth-order valence-corrected chi connectivity index (χ4v) is 5.04. The highest BCUT2D eigenvalue weighted by Crippen LogP contribution is 2.25. The predicted octanol–water partition coefficient (Wildman–Crippen LogP) is 4.07. The first-order valence-electron chi connectivity index (χ1n) is 9.91. The normalized spacial score (nSPS) is 17.6. The number of amides is 1. The Bertz CT molecular complexity index is 698. The Morgan fingerprint density at radius 2 is 1.85 bits per heavy atom. The van der Waals surface area contributed by atoms with Gasteiger partial charge in [0.05, 0.1) is 4.90 Å². The summed E-state index contributed by atoms with van der Waals surface area (Å²) in [5.41, 5.74) is 0. The van der Waals surface area contributed by atoms with E-state index in [1.165, 1.54) is 29.3 Å². The van der Waals surface area contributed by atoms with Gasteiger partial charge in [-0.1, -0.05) is 44.7 Å². The van der Waals surface area contributed by atoms with Gasteiger partial charge in [-0.25, -0.2) is 8.42 Å². The summed E-state index contributed by atoms with van der Waals surface area (Å²) in [5, 5.41) is 3.59. The van der Waals surface area contributed by atoms with Crippen molar-refractivity contribution in [1.82, 2.24) is 9.62 Å². The molecule has 1 aromatic rings. The smallest absolute Gasteiger partial charge is 0.243 e. The van der Waals surface area contributed by atoms with Crippen LogP contribution in [-0.2, 0) is 14.8 Å². The largest absolute Gasteiger partial charge is 0.356 e. The van der Waals surface area contributed by atoms with Crippen molar-refractivity contribution in [3.63, 3.8) is 0 Å². The molecule has 1 saturated heterocycles. The van der Waals surface area contributed by atoms with Gasteiger partial charge in [0, 0.05) is 30.6 Å². The first-order valence-corrected chi connectivity index (χ1v) is 11.7. The molecule has 27 heavy (non-hydrogen) atoms. The topological polar surface area (TPSA) is 66.5 Å². The predicted molar refractivity (Wildman–Crippen MR) is 109 cm³/mol. The summed E-state index contributed by atoms with van der Waals surface area (Å²) in [5.74, 6) is 0.484. The fraction of sp³-hybridized carbons (Fsp3) is 0.650. The highest BCUT2D eigenvalue weighted by molar-refractivity contribution is 7.89. The van der Waals surface area contributed by atoms with Crippen LogP contribution in [0, 0.1) is 11.8 Å². The van der Waals surface area contributed by atoms with Gasteiger partial charge in [-0.15, -0.1) is 0 Å². The van der Waals surface area contributed by atoms with Gasteiger partial charge in [0.25, 0.3) is 0 Å². The monoisotopic (exact) mass is 414 g/mol. The number of benzene rings is 1. The molecule has 1 aliphatic heterocycles. The molecule has 0 radical (unpaired) electrons. The summed E-state index contributed by atoms with van der Waals surface area (Å²) in [6.45, 7) is 5.80. The zero-order chi connectivity index (χ0) is 19.9. The highest BCUT2D eigenvalue weighted by Gasteiger charge is 2.32. The van der Waals surface area contributed by atoms with E-state index in [-0.39, 0.29) is 16.7 Å². The summed E-state index contributed by atoms with van der Waals surface area (Å²) in [6, 6.07) is 6.21. The second-order valence-electron chi connectivity index (χ2n) is 7.29. The minimum atomic E-state index is -3.52. The molecule has 1 fully saturated rings. The van der Waals surface area contributed by atoms with Crippen molar-refractivity contribution < 1.29 is 13.2 Å². The second kappa shape index (κ2) is 10.4. The molecule has 1 amide bonds. The Morgan fingerprint density at radius 3 is 2.41 bits per heavy atom. The van der Waals surface area contributed by atoms with Gasteiger partial charge in [0.1, 0.15) is 0 Å². The number of sulfonamides is 1. The highest BCUT2D eigenvalue weighted by atomic mass is 35.5. The van der Waals surface area contributed by atoms with Crippen LogP contribution in [0.15, 0.2) is 29.2 Å². The lowest BCUT2D eigenvalue weighted by atomic mass is 9.95. The maximum atomic E-state index is 12.7. The molecule has 0 bridgehead atoms. The van der Waals surface area contributed by atoms with Crippen LogP contribution in [0.3, 0.4) is 0 Å². The van der Waals surface area contributed by atoms with E-state index >= 15 is 0 Å². The van der Waals surface area contributed by atoms with Crippen molar-refractivity contribution in [3.8, 4) is 0 Å². The molecule has 1 heterocycles. The standard InChI is InChI=1S/C20H31ClN2O3S/c1-3-5-6-16(4-2)15-22-20(24)17-11-13-23(14-12-17)27(25,26)19-9-7-18(21)8-10-19/h7-10,16-17H,3-6,11-15H2,1-2H3,(H,22,24). The number of halogens is 1. The average molecular weight is 415 g/mol. The molecule has 0 saturated carbocycles. The number of unbranched alkanes of at least 4 members (excludes halogenated alkanes) is 1. The van der Waals surface area contributed by atoms with Crippen molar-refractivity contribution in [1.29, 1.82) is 0 Å². The molecule has 0 aromatic heterocycles. The van der Waals surface area contributed by atoms with Gasteiger partial charge < -0.3 is 5.32 Å². The number of carbonyl (C=O) groups excluding carboxylic acids is 1. The molecule has 1 unspecified atom stereocenters. The minimum absolute atomic E-state index is 0.0634. The molecule has 152 valence electrons. The number of nitrogens with one attached hydrogen (secondary N) is 1. The van der Waals surface area contributed by atoms with Crippen LogP contribution in [0.25, 0.3) is 0 Å². The van der Waals surface area contributed by atoms with E-state index < -0.39 is 10.0 Å². The van der Waals surface area contributed by atoms with Gasteiger partial charge in [-0.3, -0.25) is 4.79 Å². The summed E-state index contributed by atoms with van der Waals surface area (Å²) >= 11 is 5.84. The van der Waals surface area contributed by atoms with E-state index in [4.69, 9.17) is 11.6 Å². The van der Waals surface area contributed by atoms with E-state index in [0.29, 0.717) is 36.9 Å². The maximum absolute atomic E-state index is 12.7. The zero-order valence-corrected chi connectivity index (χ0v) is 17.9. The third-order valence-electron chi connectivity index (χ3n) is 5.38. The molecule has 1 aromatic carbocycles.